The highest BCUT2D eigenvalue weighted by Gasteiger charge is 2.19. The zero-order valence-corrected chi connectivity index (χ0v) is 18.2. The van der Waals surface area contributed by atoms with Gasteiger partial charge in [-0.25, -0.2) is 14.4 Å². The first kappa shape index (κ1) is 23.7. The maximum atomic E-state index is 12.4. The molecule has 0 saturated heterocycles. The molecule has 10 heteroatoms. The van der Waals surface area contributed by atoms with Crippen molar-refractivity contribution >= 4 is 41.3 Å². The topological polar surface area (TPSA) is 117 Å². The van der Waals surface area contributed by atoms with E-state index in [0.717, 1.165) is 4.90 Å². The SMILES string of the molecule is COC(=O)c1ccc(C(=O)OC)c(NC(=O)COC(=O)c2ccc(SC)cc2OC)c1. The highest BCUT2D eigenvalue weighted by atomic mass is 32.2. The highest BCUT2D eigenvalue weighted by molar-refractivity contribution is 7.98. The molecule has 0 saturated carbocycles. The number of rotatable bonds is 8. The van der Waals surface area contributed by atoms with E-state index in [9.17, 15) is 19.2 Å². The fourth-order valence-corrected chi connectivity index (χ4v) is 2.97. The lowest BCUT2D eigenvalue weighted by Crippen LogP contribution is -2.23. The third kappa shape index (κ3) is 5.98. The molecule has 1 amide bonds. The van der Waals surface area contributed by atoms with Crippen molar-refractivity contribution in [3.8, 4) is 5.75 Å². The lowest BCUT2D eigenvalue weighted by atomic mass is 10.1. The van der Waals surface area contributed by atoms with Crippen molar-refractivity contribution in [1.29, 1.82) is 0 Å². The van der Waals surface area contributed by atoms with Gasteiger partial charge in [-0.2, -0.15) is 0 Å². The van der Waals surface area contributed by atoms with E-state index in [2.05, 4.69) is 14.8 Å². The maximum absolute atomic E-state index is 12.4. The molecule has 0 bridgehead atoms. The molecule has 2 rings (SSSR count). The molecule has 0 atom stereocenters. The average Bonchev–Trinajstić information content (AvgIpc) is 2.80. The van der Waals surface area contributed by atoms with Gasteiger partial charge in [-0.05, 0) is 42.7 Å². The monoisotopic (exact) mass is 447 g/mol. The van der Waals surface area contributed by atoms with E-state index in [1.807, 2.05) is 6.26 Å². The molecule has 2 aromatic carbocycles. The van der Waals surface area contributed by atoms with Crippen molar-refractivity contribution in [2.24, 2.45) is 0 Å². The predicted octanol–water partition coefficient (Wildman–Crippen LogP) is 2.79. The van der Waals surface area contributed by atoms with Crippen LogP contribution in [-0.2, 0) is 19.0 Å². The summed E-state index contributed by atoms with van der Waals surface area (Å²) in [5.74, 6) is -2.53. The van der Waals surface area contributed by atoms with Gasteiger partial charge in [-0.1, -0.05) is 0 Å². The van der Waals surface area contributed by atoms with Crippen molar-refractivity contribution in [2.45, 2.75) is 4.90 Å². The van der Waals surface area contributed by atoms with Gasteiger partial charge < -0.3 is 24.3 Å². The normalized spacial score (nSPS) is 10.1. The Labute approximate surface area is 183 Å². The Morgan fingerprint density at radius 1 is 0.871 bits per heavy atom. The molecular weight excluding hydrogens is 426 g/mol. The van der Waals surface area contributed by atoms with Crippen LogP contribution in [-0.4, -0.2) is 58.0 Å². The van der Waals surface area contributed by atoms with Crippen LogP contribution in [0.5, 0.6) is 5.75 Å². The first-order valence-corrected chi connectivity index (χ1v) is 10.1. The van der Waals surface area contributed by atoms with Gasteiger partial charge in [0.25, 0.3) is 5.91 Å². The van der Waals surface area contributed by atoms with Crippen LogP contribution in [0, 0.1) is 0 Å². The van der Waals surface area contributed by atoms with E-state index in [4.69, 9.17) is 9.47 Å². The average molecular weight is 447 g/mol. The summed E-state index contributed by atoms with van der Waals surface area (Å²) in [5, 5.41) is 2.44. The quantitative estimate of drug-likeness (QED) is 0.370. The summed E-state index contributed by atoms with van der Waals surface area (Å²) in [4.78, 5) is 49.3. The molecule has 1 N–H and O–H groups in total. The van der Waals surface area contributed by atoms with E-state index in [1.54, 1.807) is 18.2 Å². The van der Waals surface area contributed by atoms with Crippen LogP contribution < -0.4 is 10.1 Å². The Morgan fingerprint density at radius 2 is 1.55 bits per heavy atom. The summed E-state index contributed by atoms with van der Waals surface area (Å²) in [6.45, 7) is -0.630. The number of anilines is 1. The second-order valence-electron chi connectivity index (χ2n) is 5.93. The van der Waals surface area contributed by atoms with Crippen molar-refractivity contribution in [3.05, 3.63) is 53.1 Å². The fraction of sp³-hybridized carbons (Fsp3) is 0.238. The van der Waals surface area contributed by atoms with Gasteiger partial charge in [0.15, 0.2) is 6.61 Å². The van der Waals surface area contributed by atoms with Crippen LogP contribution in [0.2, 0.25) is 0 Å². The Hall–Kier alpha value is -3.53. The summed E-state index contributed by atoms with van der Waals surface area (Å²) in [6.07, 6.45) is 1.88. The summed E-state index contributed by atoms with van der Waals surface area (Å²) < 4.78 is 19.6. The minimum Gasteiger partial charge on any atom is -0.496 e. The van der Waals surface area contributed by atoms with Gasteiger partial charge in [0.2, 0.25) is 0 Å². The van der Waals surface area contributed by atoms with E-state index >= 15 is 0 Å². The number of methoxy groups -OCH3 is 3. The predicted molar refractivity (Wildman–Crippen MR) is 113 cm³/mol. The number of carbonyl (C=O) groups is 4. The summed E-state index contributed by atoms with van der Waals surface area (Å²) in [6, 6.07) is 8.89. The van der Waals surface area contributed by atoms with E-state index < -0.39 is 30.4 Å². The van der Waals surface area contributed by atoms with E-state index in [1.165, 1.54) is 51.3 Å². The van der Waals surface area contributed by atoms with E-state index in [0.29, 0.717) is 5.75 Å². The zero-order chi connectivity index (χ0) is 23.0. The number of nitrogens with one attached hydrogen (secondary N) is 1. The largest absolute Gasteiger partial charge is 0.496 e. The molecule has 0 spiro atoms. The third-order valence-corrected chi connectivity index (χ3v) is 4.81. The van der Waals surface area contributed by atoms with Crippen LogP contribution >= 0.6 is 11.8 Å². The number of amides is 1. The molecule has 0 radical (unpaired) electrons. The second-order valence-corrected chi connectivity index (χ2v) is 6.81. The fourth-order valence-electron chi connectivity index (χ4n) is 2.54. The number of ether oxygens (including phenoxy) is 4. The molecule has 0 heterocycles. The molecule has 0 unspecified atom stereocenters. The summed E-state index contributed by atoms with van der Waals surface area (Å²) >= 11 is 1.48. The van der Waals surface area contributed by atoms with Crippen LogP contribution in [0.1, 0.15) is 31.1 Å². The standard InChI is InChI=1S/C21H21NO8S/c1-27-17-10-13(31-4)6-8-15(17)21(26)30-11-18(23)22-16-9-12(19(24)28-2)5-7-14(16)20(25)29-3/h5-10H,11H2,1-4H3,(H,22,23). The van der Waals surface area contributed by atoms with Crippen molar-refractivity contribution in [1.82, 2.24) is 0 Å². The molecule has 164 valence electrons. The molecule has 0 aliphatic heterocycles. The lowest BCUT2D eigenvalue weighted by Gasteiger charge is -2.12. The molecular formula is C21H21NO8S. The minimum absolute atomic E-state index is 0.0118. The number of hydrogen-bond donors (Lipinski definition) is 1. The Bertz CT molecular complexity index is 1000. The number of carbonyl (C=O) groups excluding carboxylic acids is 4. The van der Waals surface area contributed by atoms with Crippen LogP contribution in [0.3, 0.4) is 0 Å². The first-order chi connectivity index (χ1) is 14.8. The number of thioether (sulfide) groups is 1. The maximum Gasteiger partial charge on any atom is 0.342 e. The Morgan fingerprint density at radius 3 is 2.16 bits per heavy atom. The molecule has 0 aliphatic carbocycles. The lowest BCUT2D eigenvalue weighted by molar-refractivity contribution is -0.119. The van der Waals surface area contributed by atoms with Crippen LogP contribution in [0.15, 0.2) is 41.3 Å². The zero-order valence-electron chi connectivity index (χ0n) is 17.3. The Balaban J connectivity index is 2.14. The van der Waals surface area contributed by atoms with Crippen molar-refractivity contribution in [2.75, 3.05) is 39.5 Å². The minimum atomic E-state index is -0.754. The molecule has 0 aromatic heterocycles. The summed E-state index contributed by atoms with van der Waals surface area (Å²) in [7, 11) is 3.81. The number of benzene rings is 2. The van der Waals surface area contributed by atoms with Crippen LogP contribution in [0.25, 0.3) is 0 Å². The van der Waals surface area contributed by atoms with Crippen molar-refractivity contribution in [3.63, 3.8) is 0 Å². The first-order valence-electron chi connectivity index (χ1n) is 8.84. The molecule has 9 nitrogen and oxygen atoms in total. The third-order valence-electron chi connectivity index (χ3n) is 4.08. The van der Waals surface area contributed by atoms with Gasteiger partial charge in [0.1, 0.15) is 11.3 Å². The van der Waals surface area contributed by atoms with Crippen LogP contribution in [0.4, 0.5) is 5.69 Å². The van der Waals surface area contributed by atoms with Gasteiger partial charge in [-0.15, -0.1) is 11.8 Å². The summed E-state index contributed by atoms with van der Waals surface area (Å²) in [5.41, 5.74) is 0.305. The Kier molecular flexibility index (Phi) is 8.44. The number of hydrogen-bond acceptors (Lipinski definition) is 9. The van der Waals surface area contributed by atoms with Gasteiger partial charge in [-0.3, -0.25) is 4.79 Å². The van der Waals surface area contributed by atoms with Gasteiger partial charge in [0, 0.05) is 4.90 Å². The molecule has 2 aromatic rings. The highest BCUT2D eigenvalue weighted by Crippen LogP contribution is 2.26. The molecule has 31 heavy (non-hydrogen) atoms. The smallest absolute Gasteiger partial charge is 0.342 e. The second kappa shape index (κ2) is 11.0. The van der Waals surface area contributed by atoms with Gasteiger partial charge in [0.05, 0.1) is 38.1 Å². The van der Waals surface area contributed by atoms with E-state index in [-0.39, 0.29) is 22.4 Å². The van der Waals surface area contributed by atoms with Gasteiger partial charge >= 0.3 is 17.9 Å². The van der Waals surface area contributed by atoms with Crippen molar-refractivity contribution < 1.29 is 38.1 Å². The molecule has 0 aliphatic rings. The number of esters is 3. The molecule has 0 fully saturated rings.